The first-order chi connectivity index (χ1) is 9.53. The van der Waals surface area contributed by atoms with E-state index in [-0.39, 0.29) is 17.3 Å². The van der Waals surface area contributed by atoms with Crippen molar-refractivity contribution < 1.29 is 12.8 Å². The fourth-order valence-corrected chi connectivity index (χ4v) is 2.39. The topological polar surface area (TPSA) is 101 Å². The second kappa shape index (κ2) is 5.73. The lowest BCUT2D eigenvalue weighted by Crippen LogP contribution is -2.14. The van der Waals surface area contributed by atoms with Crippen LogP contribution in [-0.4, -0.2) is 24.9 Å². The van der Waals surface area contributed by atoms with E-state index in [2.05, 4.69) is 26.5 Å². The lowest BCUT2D eigenvalue weighted by atomic mass is 10.2. The molecule has 0 bridgehead atoms. The molecule has 0 spiro atoms. The molecule has 0 unspecified atom stereocenters. The third kappa shape index (κ3) is 3.14. The van der Waals surface area contributed by atoms with Crippen LogP contribution in [0.15, 0.2) is 35.7 Å². The van der Waals surface area contributed by atoms with Gasteiger partial charge in [0.25, 0.3) is 10.0 Å². The van der Waals surface area contributed by atoms with Crippen molar-refractivity contribution in [1.82, 2.24) is 9.97 Å². The van der Waals surface area contributed by atoms with Gasteiger partial charge in [-0.05, 0) is 18.2 Å². The normalized spacial score (nSPS) is 10.7. The lowest BCUT2D eigenvalue weighted by molar-refractivity contribution is 0.595. The number of benzene rings is 1. The maximum atomic E-state index is 13.8. The van der Waals surface area contributed by atoms with E-state index in [0.29, 0.717) is 5.56 Å². The van der Waals surface area contributed by atoms with Crippen LogP contribution in [0.25, 0.3) is 0 Å². The maximum Gasteiger partial charge on any atom is 0.279 e. The van der Waals surface area contributed by atoms with Crippen molar-refractivity contribution in [3.05, 3.63) is 42.1 Å². The molecule has 4 N–H and O–H groups in total. The molecule has 2 rings (SSSR count). The van der Waals surface area contributed by atoms with Crippen molar-refractivity contribution >= 4 is 15.7 Å². The number of halogens is 1. The molecule has 0 fully saturated rings. The number of rotatable bonds is 3. The van der Waals surface area contributed by atoms with E-state index in [9.17, 15) is 12.8 Å². The molecule has 0 aliphatic carbocycles. The Balaban J connectivity index is 2.27. The fraction of sp³-hybridized carbons (Fsp3) is 0.0833. The number of aromatic nitrogens is 2. The second-order valence-electron chi connectivity index (χ2n) is 3.72. The summed E-state index contributed by atoms with van der Waals surface area (Å²) in [6, 6.07) is 3.92. The molecule has 0 aliphatic heterocycles. The molecule has 20 heavy (non-hydrogen) atoms. The number of hydrogen-bond donors (Lipinski definition) is 3. The number of imidazole rings is 1. The summed E-state index contributed by atoms with van der Waals surface area (Å²) in [6.45, 7) is 0.163. The van der Waals surface area contributed by atoms with Gasteiger partial charge in [-0.1, -0.05) is 11.8 Å². The first kappa shape index (κ1) is 14.0. The predicted octanol–water partition coefficient (Wildman–Crippen LogP) is 0.660. The average molecular weight is 294 g/mol. The van der Waals surface area contributed by atoms with E-state index in [1.165, 1.54) is 18.5 Å². The molecule has 104 valence electrons. The zero-order valence-electron chi connectivity index (χ0n) is 10.2. The molecule has 1 aromatic heterocycles. The lowest BCUT2D eigenvalue weighted by Gasteiger charge is -2.07. The molecule has 0 radical (unpaired) electrons. The number of nitrogens with one attached hydrogen (secondary N) is 2. The molecule has 8 heteroatoms. The summed E-state index contributed by atoms with van der Waals surface area (Å²) in [5.41, 5.74) is 5.46. The number of hydrogen-bond acceptors (Lipinski definition) is 4. The van der Waals surface area contributed by atoms with E-state index in [1.54, 1.807) is 0 Å². The summed E-state index contributed by atoms with van der Waals surface area (Å²) in [5.74, 6) is 4.51. The van der Waals surface area contributed by atoms with Gasteiger partial charge in [0.15, 0.2) is 5.03 Å². The number of anilines is 1. The smallest absolute Gasteiger partial charge is 0.279 e. The molecule has 2 aromatic rings. The highest BCUT2D eigenvalue weighted by Gasteiger charge is 2.17. The summed E-state index contributed by atoms with van der Waals surface area (Å²) in [4.78, 5) is 6.04. The van der Waals surface area contributed by atoms with Crippen LogP contribution in [-0.2, 0) is 10.0 Å². The quantitative estimate of drug-likeness (QED) is 0.724. The molecular formula is C12H11FN4O2S. The molecule has 0 aliphatic rings. The number of aromatic amines is 1. The van der Waals surface area contributed by atoms with Gasteiger partial charge in [-0.2, -0.15) is 8.42 Å². The standard InChI is InChI=1S/C12H11FN4O2S/c13-10-6-9(2-1-5-14)3-4-11(10)17-20(18,19)12-7-15-8-16-12/h3-4,6-8,17H,5,14H2,(H,15,16). The van der Waals surface area contributed by atoms with Crippen molar-refractivity contribution in [2.24, 2.45) is 5.73 Å². The molecule has 6 nitrogen and oxygen atoms in total. The van der Waals surface area contributed by atoms with Crippen molar-refractivity contribution in [3.8, 4) is 11.8 Å². The van der Waals surface area contributed by atoms with Gasteiger partial charge in [-0.15, -0.1) is 0 Å². The minimum absolute atomic E-state index is 0.149. The second-order valence-corrected chi connectivity index (χ2v) is 5.37. The molecule has 0 atom stereocenters. The highest BCUT2D eigenvalue weighted by Crippen LogP contribution is 2.19. The number of nitrogens with two attached hydrogens (primary N) is 1. The Morgan fingerprint density at radius 1 is 1.45 bits per heavy atom. The van der Waals surface area contributed by atoms with E-state index in [0.717, 1.165) is 12.3 Å². The van der Waals surface area contributed by atoms with Crippen LogP contribution >= 0.6 is 0 Å². The van der Waals surface area contributed by atoms with Gasteiger partial charge in [0.1, 0.15) is 5.82 Å². The minimum Gasteiger partial charge on any atom is -0.334 e. The Kier molecular flexibility index (Phi) is 4.02. The zero-order valence-corrected chi connectivity index (χ0v) is 11.0. The van der Waals surface area contributed by atoms with Crippen LogP contribution in [0.4, 0.5) is 10.1 Å². The van der Waals surface area contributed by atoms with Crippen molar-refractivity contribution in [1.29, 1.82) is 0 Å². The zero-order chi connectivity index (χ0) is 14.6. The molecule has 0 amide bonds. The number of H-pyrrole nitrogens is 1. The van der Waals surface area contributed by atoms with E-state index in [1.807, 2.05) is 0 Å². The van der Waals surface area contributed by atoms with E-state index >= 15 is 0 Å². The van der Waals surface area contributed by atoms with Gasteiger partial charge in [0.2, 0.25) is 0 Å². The molecular weight excluding hydrogens is 283 g/mol. The third-order valence-corrected chi connectivity index (χ3v) is 3.60. The molecule has 1 heterocycles. The summed E-state index contributed by atoms with van der Waals surface area (Å²) >= 11 is 0. The first-order valence-corrected chi connectivity index (χ1v) is 7.01. The van der Waals surface area contributed by atoms with Crippen LogP contribution in [0.1, 0.15) is 5.56 Å². The van der Waals surface area contributed by atoms with Crippen LogP contribution in [0.2, 0.25) is 0 Å². The van der Waals surface area contributed by atoms with E-state index in [4.69, 9.17) is 5.73 Å². The van der Waals surface area contributed by atoms with Crippen LogP contribution < -0.4 is 10.5 Å². The summed E-state index contributed by atoms with van der Waals surface area (Å²) in [7, 11) is -3.89. The summed E-state index contributed by atoms with van der Waals surface area (Å²) < 4.78 is 39.7. The van der Waals surface area contributed by atoms with Crippen molar-refractivity contribution in [3.63, 3.8) is 0 Å². The number of nitrogens with zero attached hydrogens (tertiary/aromatic N) is 1. The predicted molar refractivity (Wildman–Crippen MR) is 71.7 cm³/mol. The largest absolute Gasteiger partial charge is 0.334 e. The van der Waals surface area contributed by atoms with Gasteiger partial charge in [-0.25, -0.2) is 9.37 Å². The fourth-order valence-electron chi connectivity index (χ4n) is 1.42. The van der Waals surface area contributed by atoms with Gasteiger partial charge >= 0.3 is 0 Å². The summed E-state index contributed by atoms with van der Waals surface area (Å²) in [6.07, 6.45) is 2.34. The Morgan fingerprint density at radius 3 is 2.85 bits per heavy atom. The number of sulfonamides is 1. The highest BCUT2D eigenvalue weighted by molar-refractivity contribution is 7.92. The Hall–Kier alpha value is -2.37. The molecule has 1 aromatic carbocycles. The van der Waals surface area contributed by atoms with Gasteiger partial charge < -0.3 is 10.7 Å². The van der Waals surface area contributed by atoms with Crippen LogP contribution in [0.5, 0.6) is 0 Å². The average Bonchev–Trinajstić information content (AvgIpc) is 2.94. The third-order valence-electron chi connectivity index (χ3n) is 2.31. The van der Waals surface area contributed by atoms with Crippen molar-refractivity contribution in [2.45, 2.75) is 5.03 Å². The summed E-state index contributed by atoms with van der Waals surface area (Å²) in [5, 5.41) is -0.149. The SMILES string of the molecule is NCC#Cc1ccc(NS(=O)(=O)c2cnc[nH]2)c(F)c1. The minimum atomic E-state index is -3.89. The molecule has 0 saturated heterocycles. The Bertz CT molecular complexity index is 760. The first-order valence-electron chi connectivity index (χ1n) is 5.52. The Morgan fingerprint density at radius 2 is 2.25 bits per heavy atom. The van der Waals surface area contributed by atoms with Gasteiger partial charge in [-0.3, -0.25) is 4.72 Å². The van der Waals surface area contributed by atoms with Crippen molar-refractivity contribution in [2.75, 3.05) is 11.3 Å². The van der Waals surface area contributed by atoms with Crippen LogP contribution in [0, 0.1) is 17.7 Å². The van der Waals surface area contributed by atoms with Gasteiger partial charge in [0.05, 0.1) is 24.8 Å². The van der Waals surface area contributed by atoms with Crippen LogP contribution in [0.3, 0.4) is 0 Å². The highest BCUT2D eigenvalue weighted by atomic mass is 32.2. The maximum absolute atomic E-state index is 13.8. The molecule has 0 saturated carbocycles. The van der Waals surface area contributed by atoms with E-state index < -0.39 is 15.8 Å². The Labute approximate surface area is 115 Å². The monoisotopic (exact) mass is 294 g/mol. The van der Waals surface area contributed by atoms with Gasteiger partial charge in [0, 0.05) is 5.56 Å².